The highest BCUT2D eigenvalue weighted by molar-refractivity contribution is 7.87. The minimum atomic E-state index is -3.55. The Hall–Kier alpha value is -1.51. The van der Waals surface area contributed by atoms with E-state index in [9.17, 15) is 13.2 Å². The van der Waals surface area contributed by atoms with Crippen molar-refractivity contribution in [3.63, 3.8) is 0 Å². The zero-order chi connectivity index (χ0) is 15.5. The molecule has 0 bridgehead atoms. The topological polar surface area (TPSA) is 99.6 Å². The molecule has 0 radical (unpaired) electrons. The van der Waals surface area contributed by atoms with E-state index in [1.54, 1.807) is 0 Å². The van der Waals surface area contributed by atoms with Gasteiger partial charge in [-0.3, -0.25) is 4.98 Å². The third-order valence-corrected chi connectivity index (χ3v) is 4.98. The number of carbonyl (C=O) groups is 1. The van der Waals surface area contributed by atoms with Gasteiger partial charge in [-0.1, -0.05) is 6.92 Å². The summed E-state index contributed by atoms with van der Waals surface area (Å²) < 4.78 is 28.3. The maximum absolute atomic E-state index is 12.2. The molecule has 0 saturated carbocycles. The van der Waals surface area contributed by atoms with Crippen molar-refractivity contribution in [2.24, 2.45) is 5.92 Å². The van der Waals surface area contributed by atoms with Gasteiger partial charge in [-0.05, 0) is 30.9 Å². The molecule has 1 aliphatic heterocycles. The molecule has 1 fully saturated rings. The number of piperidine rings is 1. The molecule has 0 aliphatic carbocycles. The Bertz CT molecular complexity index is 618. The van der Waals surface area contributed by atoms with Crippen molar-refractivity contribution in [1.82, 2.24) is 14.0 Å². The highest BCUT2D eigenvalue weighted by Gasteiger charge is 2.26. The Morgan fingerprint density at radius 1 is 1.57 bits per heavy atom. The summed E-state index contributed by atoms with van der Waals surface area (Å²) in [5.74, 6) is -0.713. The van der Waals surface area contributed by atoms with E-state index >= 15 is 0 Å². The van der Waals surface area contributed by atoms with E-state index in [-0.39, 0.29) is 12.1 Å². The average molecular weight is 313 g/mol. The summed E-state index contributed by atoms with van der Waals surface area (Å²) in [7, 11) is -3.55. The molecule has 1 aromatic rings. The lowest BCUT2D eigenvalue weighted by Crippen LogP contribution is -2.45. The zero-order valence-corrected chi connectivity index (χ0v) is 12.6. The quantitative estimate of drug-likeness (QED) is 0.839. The number of carboxylic acids is 1. The zero-order valence-electron chi connectivity index (χ0n) is 11.8. The number of nitrogens with one attached hydrogen (secondary N) is 1. The number of hydrogen-bond acceptors (Lipinski definition) is 4. The fraction of sp³-hybridized carbons (Fsp3) is 0.538. The summed E-state index contributed by atoms with van der Waals surface area (Å²) in [6, 6.07) is 2.73. The van der Waals surface area contributed by atoms with Crippen molar-refractivity contribution in [2.75, 3.05) is 13.1 Å². The smallest absolute Gasteiger partial charge is 0.335 e. The summed E-state index contributed by atoms with van der Waals surface area (Å²) in [4.78, 5) is 14.8. The second-order valence-electron chi connectivity index (χ2n) is 5.27. The molecule has 21 heavy (non-hydrogen) atoms. The van der Waals surface area contributed by atoms with E-state index in [1.165, 1.54) is 22.6 Å². The summed E-state index contributed by atoms with van der Waals surface area (Å²) in [5, 5.41) is 8.90. The predicted molar refractivity (Wildman–Crippen MR) is 76.9 cm³/mol. The van der Waals surface area contributed by atoms with Gasteiger partial charge in [0, 0.05) is 19.3 Å². The average Bonchev–Trinajstić information content (AvgIpc) is 2.45. The van der Waals surface area contributed by atoms with Gasteiger partial charge in [0.25, 0.3) is 10.2 Å². The van der Waals surface area contributed by atoms with Crippen LogP contribution >= 0.6 is 0 Å². The lowest BCUT2D eigenvalue weighted by atomic mass is 10.0. The van der Waals surface area contributed by atoms with Crippen LogP contribution in [0.25, 0.3) is 0 Å². The van der Waals surface area contributed by atoms with E-state index in [1.807, 2.05) is 6.92 Å². The maximum Gasteiger partial charge on any atom is 0.335 e. The van der Waals surface area contributed by atoms with Gasteiger partial charge in [0.15, 0.2) is 0 Å². The summed E-state index contributed by atoms with van der Waals surface area (Å²) >= 11 is 0. The van der Waals surface area contributed by atoms with Crippen LogP contribution in [-0.4, -0.2) is 41.9 Å². The Morgan fingerprint density at radius 3 is 3.00 bits per heavy atom. The molecule has 8 heteroatoms. The Labute approximate surface area is 124 Å². The molecule has 0 spiro atoms. The number of nitrogens with zero attached hydrogens (tertiary/aromatic N) is 2. The molecule has 1 aromatic heterocycles. The number of aromatic nitrogens is 1. The van der Waals surface area contributed by atoms with E-state index in [4.69, 9.17) is 5.11 Å². The van der Waals surface area contributed by atoms with Gasteiger partial charge >= 0.3 is 5.97 Å². The van der Waals surface area contributed by atoms with Gasteiger partial charge in [-0.25, -0.2) is 4.79 Å². The van der Waals surface area contributed by atoms with Crippen LogP contribution in [0.15, 0.2) is 18.3 Å². The van der Waals surface area contributed by atoms with Crippen molar-refractivity contribution in [2.45, 2.75) is 26.3 Å². The summed E-state index contributed by atoms with van der Waals surface area (Å²) in [6.45, 7) is 3.04. The first-order chi connectivity index (χ1) is 9.88. The fourth-order valence-electron chi connectivity index (χ4n) is 2.33. The first kappa shape index (κ1) is 15.9. The molecule has 2 heterocycles. The second-order valence-corrected chi connectivity index (χ2v) is 7.03. The largest absolute Gasteiger partial charge is 0.478 e. The molecular formula is C13H19N3O4S. The molecule has 7 nitrogen and oxygen atoms in total. The van der Waals surface area contributed by atoms with Gasteiger partial charge in [0.2, 0.25) is 0 Å². The van der Waals surface area contributed by atoms with Crippen LogP contribution in [-0.2, 0) is 16.8 Å². The molecule has 2 rings (SSSR count). The van der Waals surface area contributed by atoms with Crippen molar-refractivity contribution in [1.29, 1.82) is 0 Å². The van der Waals surface area contributed by atoms with Crippen LogP contribution in [0, 0.1) is 5.92 Å². The van der Waals surface area contributed by atoms with Crippen molar-refractivity contribution >= 4 is 16.2 Å². The first-order valence-corrected chi connectivity index (χ1v) is 8.25. The van der Waals surface area contributed by atoms with Crippen LogP contribution in [0.3, 0.4) is 0 Å². The molecule has 0 amide bonds. The molecule has 1 atom stereocenters. The predicted octanol–water partition coefficient (Wildman–Crippen LogP) is 0.846. The molecule has 1 unspecified atom stereocenters. The maximum atomic E-state index is 12.2. The van der Waals surface area contributed by atoms with Crippen molar-refractivity contribution < 1.29 is 18.3 Å². The van der Waals surface area contributed by atoms with Gasteiger partial charge in [-0.2, -0.15) is 17.4 Å². The third kappa shape index (κ3) is 4.23. The molecule has 1 saturated heterocycles. The van der Waals surface area contributed by atoms with E-state index in [2.05, 4.69) is 9.71 Å². The lowest BCUT2D eigenvalue weighted by Gasteiger charge is -2.29. The Balaban J connectivity index is 2.01. The number of aromatic carboxylic acids is 1. The van der Waals surface area contributed by atoms with Crippen molar-refractivity contribution in [3.8, 4) is 0 Å². The Kier molecular flexibility index (Phi) is 4.92. The molecule has 1 aliphatic rings. The monoisotopic (exact) mass is 313 g/mol. The SMILES string of the molecule is CC1CCCN(S(=O)(=O)NCc2cc(C(=O)O)ccn2)C1. The van der Waals surface area contributed by atoms with Crippen molar-refractivity contribution in [3.05, 3.63) is 29.6 Å². The van der Waals surface area contributed by atoms with Crippen LogP contribution in [0.1, 0.15) is 35.8 Å². The number of hydrogen-bond donors (Lipinski definition) is 2. The van der Waals surface area contributed by atoms with Crippen LogP contribution in [0.2, 0.25) is 0 Å². The van der Waals surface area contributed by atoms with E-state index in [0.717, 1.165) is 12.8 Å². The van der Waals surface area contributed by atoms with Crippen LogP contribution in [0.4, 0.5) is 0 Å². The van der Waals surface area contributed by atoms with E-state index in [0.29, 0.717) is 24.7 Å². The minimum Gasteiger partial charge on any atom is -0.478 e. The van der Waals surface area contributed by atoms with Gasteiger partial charge in [0.1, 0.15) is 0 Å². The standard InChI is InChI=1S/C13H19N3O4S/c1-10-3-2-6-16(9-10)21(19,20)15-8-12-7-11(13(17)18)4-5-14-12/h4-5,7,10,15H,2-3,6,8-9H2,1H3,(H,17,18). The fourth-order valence-corrected chi connectivity index (χ4v) is 3.66. The lowest BCUT2D eigenvalue weighted by molar-refractivity contribution is 0.0696. The van der Waals surface area contributed by atoms with E-state index < -0.39 is 16.2 Å². The molecular weight excluding hydrogens is 294 g/mol. The number of pyridine rings is 1. The van der Waals surface area contributed by atoms with Gasteiger partial charge < -0.3 is 5.11 Å². The molecule has 2 N–H and O–H groups in total. The molecule has 116 valence electrons. The minimum absolute atomic E-state index is 0.0195. The number of carboxylic acid groups (broad SMARTS) is 1. The second kappa shape index (κ2) is 6.50. The highest BCUT2D eigenvalue weighted by atomic mass is 32.2. The van der Waals surface area contributed by atoms with Gasteiger partial charge in [0.05, 0.1) is 17.8 Å². The first-order valence-electron chi connectivity index (χ1n) is 6.81. The normalized spacial score (nSPS) is 20.3. The van der Waals surface area contributed by atoms with Crippen LogP contribution < -0.4 is 4.72 Å². The highest BCUT2D eigenvalue weighted by Crippen LogP contribution is 2.17. The summed E-state index contributed by atoms with van der Waals surface area (Å²) in [6.07, 6.45) is 3.25. The third-order valence-electron chi connectivity index (χ3n) is 3.46. The van der Waals surface area contributed by atoms with Gasteiger partial charge in [-0.15, -0.1) is 0 Å². The number of rotatable bonds is 5. The van der Waals surface area contributed by atoms with Crippen LogP contribution in [0.5, 0.6) is 0 Å². The Morgan fingerprint density at radius 2 is 2.33 bits per heavy atom. The molecule has 0 aromatic carbocycles. The summed E-state index contributed by atoms with van der Waals surface area (Å²) in [5.41, 5.74) is 0.467.